The van der Waals surface area contributed by atoms with Gasteiger partial charge in [0.1, 0.15) is 11.2 Å². The Bertz CT molecular complexity index is 3690. The minimum Gasteiger partial charge on any atom is -0.456 e. The van der Waals surface area contributed by atoms with Crippen LogP contribution in [0.1, 0.15) is 22.3 Å². The van der Waals surface area contributed by atoms with Crippen molar-refractivity contribution in [2.75, 3.05) is 4.90 Å². The van der Waals surface area contributed by atoms with Gasteiger partial charge in [-0.25, -0.2) is 0 Å². The van der Waals surface area contributed by atoms with Gasteiger partial charge in [0, 0.05) is 33.9 Å². The molecule has 0 radical (unpaired) electrons. The van der Waals surface area contributed by atoms with E-state index in [4.69, 9.17) is 4.42 Å². The first-order valence-electron chi connectivity index (χ1n) is 23.1. The maximum Gasteiger partial charge on any atom is 0.137 e. The Morgan fingerprint density at radius 2 is 0.776 bits per heavy atom. The zero-order chi connectivity index (χ0) is 44.3. The Morgan fingerprint density at radius 1 is 0.284 bits per heavy atom. The highest BCUT2D eigenvalue weighted by molar-refractivity contribution is 6.06. The van der Waals surface area contributed by atoms with Crippen LogP contribution in [0.15, 0.2) is 265 Å². The maximum atomic E-state index is 6.55. The van der Waals surface area contributed by atoms with Gasteiger partial charge in [-0.1, -0.05) is 212 Å². The second-order valence-corrected chi connectivity index (χ2v) is 17.6. The first kappa shape index (κ1) is 38.7. The summed E-state index contributed by atoms with van der Waals surface area (Å²) in [5, 5.41) is 4.70. The van der Waals surface area contributed by atoms with E-state index in [0.29, 0.717) is 0 Å². The summed E-state index contributed by atoms with van der Waals surface area (Å²) in [6, 6.07) is 95.2. The summed E-state index contributed by atoms with van der Waals surface area (Å²) in [5.41, 5.74) is 18.9. The molecule has 0 atom stereocenters. The molecule has 67 heavy (non-hydrogen) atoms. The molecule has 1 aliphatic rings. The van der Waals surface area contributed by atoms with Crippen molar-refractivity contribution in [3.8, 4) is 44.5 Å². The molecule has 0 bridgehead atoms. The minimum absolute atomic E-state index is 0.626. The van der Waals surface area contributed by atoms with Crippen LogP contribution in [0.2, 0.25) is 0 Å². The van der Waals surface area contributed by atoms with Crippen LogP contribution in [0.25, 0.3) is 77.2 Å². The molecule has 0 saturated carbocycles. The predicted octanol–water partition coefficient (Wildman–Crippen LogP) is 17.6. The number of benzene rings is 11. The Balaban J connectivity index is 1.03. The molecule has 2 nitrogen and oxygen atoms in total. The molecule has 0 fully saturated rings. The van der Waals surface area contributed by atoms with Crippen LogP contribution in [-0.4, -0.2) is 0 Å². The molecule has 0 aliphatic heterocycles. The number of furan rings is 1. The Labute approximate surface area is 390 Å². The highest BCUT2D eigenvalue weighted by atomic mass is 16.3. The van der Waals surface area contributed by atoms with Crippen LogP contribution in [0, 0.1) is 0 Å². The van der Waals surface area contributed by atoms with Crippen LogP contribution < -0.4 is 4.90 Å². The van der Waals surface area contributed by atoms with Gasteiger partial charge in [0.05, 0.1) is 5.41 Å². The summed E-state index contributed by atoms with van der Waals surface area (Å²) >= 11 is 0. The molecule has 12 aromatic rings. The number of hydrogen-bond donors (Lipinski definition) is 0. The highest BCUT2D eigenvalue weighted by Gasteiger charge is 2.46. The fraction of sp³-hybridized carbons (Fsp3) is 0.0154. The lowest BCUT2D eigenvalue weighted by Gasteiger charge is -2.35. The topological polar surface area (TPSA) is 16.4 Å². The predicted molar refractivity (Wildman–Crippen MR) is 280 cm³/mol. The first-order chi connectivity index (χ1) is 33.2. The lowest BCUT2D eigenvalue weighted by Crippen LogP contribution is -2.28. The van der Waals surface area contributed by atoms with Gasteiger partial charge in [0.2, 0.25) is 0 Å². The molecule has 1 heterocycles. The number of anilines is 3. The van der Waals surface area contributed by atoms with E-state index in [0.717, 1.165) is 39.0 Å². The summed E-state index contributed by atoms with van der Waals surface area (Å²) < 4.78 is 6.55. The van der Waals surface area contributed by atoms with Gasteiger partial charge in [-0.3, -0.25) is 0 Å². The van der Waals surface area contributed by atoms with Crippen LogP contribution >= 0.6 is 0 Å². The SMILES string of the molecule is c1ccc(-c2ccc(C3(c4ccc(-c5ccccc5)cc4)c4ccccc4-c4ccc(N(c5ccc(-c6cccc7ccccc67)cc5)c5ccc6c(c5)oc5ccccc56)cc43)cc2)cc1. The van der Waals surface area contributed by atoms with Crippen molar-refractivity contribution < 1.29 is 4.42 Å². The summed E-state index contributed by atoms with van der Waals surface area (Å²) in [6.07, 6.45) is 0. The van der Waals surface area contributed by atoms with Crippen LogP contribution in [0.4, 0.5) is 17.1 Å². The van der Waals surface area contributed by atoms with Crippen molar-refractivity contribution in [1.82, 2.24) is 0 Å². The number of nitrogens with zero attached hydrogens (tertiary/aromatic N) is 1. The third-order valence-electron chi connectivity index (χ3n) is 14.0. The molecule has 1 aliphatic carbocycles. The molecule has 0 unspecified atom stereocenters. The molecule has 1 aromatic heterocycles. The van der Waals surface area contributed by atoms with E-state index in [1.165, 1.54) is 77.5 Å². The zero-order valence-electron chi connectivity index (χ0n) is 36.7. The zero-order valence-corrected chi connectivity index (χ0v) is 36.7. The van der Waals surface area contributed by atoms with Gasteiger partial charge < -0.3 is 9.32 Å². The average Bonchev–Trinajstić information content (AvgIpc) is 3.92. The van der Waals surface area contributed by atoms with Crippen molar-refractivity contribution in [3.63, 3.8) is 0 Å². The lowest BCUT2D eigenvalue weighted by atomic mass is 9.67. The molecule has 314 valence electrons. The van der Waals surface area contributed by atoms with Crippen molar-refractivity contribution >= 4 is 49.8 Å². The molecular formula is C65H43NO. The van der Waals surface area contributed by atoms with Crippen molar-refractivity contribution in [2.24, 2.45) is 0 Å². The molecule has 0 N–H and O–H groups in total. The smallest absolute Gasteiger partial charge is 0.137 e. The van der Waals surface area contributed by atoms with E-state index in [-0.39, 0.29) is 0 Å². The fourth-order valence-corrected chi connectivity index (χ4v) is 10.8. The molecule has 0 spiro atoms. The first-order valence-corrected chi connectivity index (χ1v) is 23.1. The molecule has 11 aromatic carbocycles. The van der Waals surface area contributed by atoms with Gasteiger partial charge in [-0.15, -0.1) is 0 Å². The summed E-state index contributed by atoms with van der Waals surface area (Å²) in [6.45, 7) is 0. The number of rotatable bonds is 8. The summed E-state index contributed by atoms with van der Waals surface area (Å²) in [4.78, 5) is 2.39. The fourth-order valence-electron chi connectivity index (χ4n) is 10.8. The standard InChI is InChI=1S/C65H43NO/c1-3-14-44(15-4-1)46-26-32-50(33-27-46)65(51-34-28-47(29-35-51)45-16-5-2-6-17-45)61-24-11-9-21-57(61)58-40-38-53(42-62(58)65)66(54-39-41-60-59-22-10-12-25-63(59)67-64(60)43-54)52-36-30-49(31-37-52)56-23-13-19-48-18-7-8-20-55(48)56/h1-43H. The van der Waals surface area contributed by atoms with Gasteiger partial charge in [-0.2, -0.15) is 0 Å². The van der Waals surface area contributed by atoms with E-state index >= 15 is 0 Å². The van der Waals surface area contributed by atoms with Crippen molar-refractivity contribution in [2.45, 2.75) is 5.41 Å². The Morgan fingerprint density at radius 3 is 1.49 bits per heavy atom. The number of para-hydroxylation sites is 1. The van der Waals surface area contributed by atoms with E-state index in [1.54, 1.807) is 0 Å². The Kier molecular flexibility index (Phi) is 9.11. The number of hydrogen-bond acceptors (Lipinski definition) is 2. The van der Waals surface area contributed by atoms with E-state index < -0.39 is 5.41 Å². The molecule has 0 amide bonds. The van der Waals surface area contributed by atoms with E-state index in [9.17, 15) is 0 Å². The van der Waals surface area contributed by atoms with Gasteiger partial charge in [0.15, 0.2) is 0 Å². The van der Waals surface area contributed by atoms with E-state index in [1.807, 2.05) is 6.07 Å². The quantitative estimate of drug-likeness (QED) is 0.151. The molecule has 2 heteroatoms. The van der Waals surface area contributed by atoms with Gasteiger partial charge in [0.25, 0.3) is 0 Å². The average molecular weight is 854 g/mol. The highest BCUT2D eigenvalue weighted by Crippen LogP contribution is 2.57. The summed E-state index contributed by atoms with van der Waals surface area (Å²) in [5.74, 6) is 0. The van der Waals surface area contributed by atoms with E-state index in [2.05, 4.69) is 260 Å². The molecule has 13 rings (SSSR count). The maximum absolute atomic E-state index is 6.55. The third-order valence-corrected chi connectivity index (χ3v) is 14.0. The van der Waals surface area contributed by atoms with Crippen molar-refractivity contribution in [1.29, 1.82) is 0 Å². The molecule has 0 saturated heterocycles. The van der Waals surface area contributed by atoms with Gasteiger partial charge in [-0.05, 0) is 120 Å². The summed E-state index contributed by atoms with van der Waals surface area (Å²) in [7, 11) is 0. The third kappa shape index (κ3) is 6.33. The van der Waals surface area contributed by atoms with Crippen molar-refractivity contribution in [3.05, 3.63) is 283 Å². The Hall–Kier alpha value is -8.72. The second kappa shape index (κ2) is 15.8. The molecular weight excluding hydrogens is 811 g/mol. The normalized spacial score (nSPS) is 12.6. The number of fused-ring (bicyclic) bond motifs is 7. The minimum atomic E-state index is -0.626. The van der Waals surface area contributed by atoms with Crippen LogP contribution in [0.3, 0.4) is 0 Å². The van der Waals surface area contributed by atoms with Gasteiger partial charge >= 0.3 is 0 Å². The van der Waals surface area contributed by atoms with Crippen LogP contribution in [0.5, 0.6) is 0 Å². The second-order valence-electron chi connectivity index (χ2n) is 17.6. The lowest BCUT2D eigenvalue weighted by molar-refractivity contribution is 0.669. The monoisotopic (exact) mass is 853 g/mol. The largest absolute Gasteiger partial charge is 0.456 e. The van der Waals surface area contributed by atoms with Crippen LogP contribution in [-0.2, 0) is 5.41 Å².